The molecule has 1 aromatic rings. The zero-order valence-electron chi connectivity index (χ0n) is 8.93. The number of aromatic nitrogens is 1. The highest BCUT2D eigenvalue weighted by molar-refractivity contribution is 7.99. The lowest BCUT2D eigenvalue weighted by atomic mass is 10.2. The number of pyridine rings is 1. The van der Waals surface area contributed by atoms with Crippen molar-refractivity contribution < 1.29 is 9.90 Å². The van der Waals surface area contributed by atoms with Crippen molar-refractivity contribution in [1.82, 2.24) is 4.98 Å². The normalized spacial score (nSPS) is 12.4. The summed E-state index contributed by atoms with van der Waals surface area (Å²) in [6, 6.07) is 3.58. The molecule has 15 heavy (non-hydrogen) atoms. The third kappa shape index (κ3) is 3.55. The molecular formula is C11H15NO2S. The van der Waals surface area contributed by atoms with Gasteiger partial charge in [0.05, 0.1) is 0 Å². The number of hydrogen-bond acceptors (Lipinski definition) is 3. The Hall–Kier alpha value is -1.03. The monoisotopic (exact) mass is 225 g/mol. The molecule has 1 heterocycles. The second kappa shape index (κ2) is 5.75. The predicted octanol–water partition coefficient (Wildman–Crippen LogP) is 2.92. The van der Waals surface area contributed by atoms with Crippen LogP contribution >= 0.6 is 11.8 Å². The van der Waals surface area contributed by atoms with Gasteiger partial charge in [-0.15, -0.1) is 11.8 Å². The molecule has 1 atom stereocenters. The van der Waals surface area contributed by atoms with Crippen LogP contribution in [0.5, 0.6) is 0 Å². The highest BCUT2D eigenvalue weighted by Crippen LogP contribution is 2.24. The van der Waals surface area contributed by atoms with Gasteiger partial charge in [-0.25, -0.2) is 9.78 Å². The van der Waals surface area contributed by atoms with Crippen LogP contribution in [0.3, 0.4) is 0 Å². The third-order valence-electron chi connectivity index (χ3n) is 2.19. The molecule has 4 heteroatoms. The number of carboxylic acid groups (broad SMARTS) is 1. The fourth-order valence-electron chi connectivity index (χ4n) is 1.02. The Morgan fingerprint density at radius 2 is 2.40 bits per heavy atom. The van der Waals surface area contributed by atoms with Crippen LogP contribution in [0.4, 0.5) is 0 Å². The van der Waals surface area contributed by atoms with Crippen molar-refractivity contribution in [3.8, 4) is 0 Å². The summed E-state index contributed by atoms with van der Waals surface area (Å²) in [5.41, 5.74) is 0.158. The summed E-state index contributed by atoms with van der Waals surface area (Å²) in [6.07, 6.45) is 2.62. The number of rotatable bonds is 5. The number of nitrogens with zero attached hydrogens (tertiary/aromatic N) is 1. The first kappa shape index (κ1) is 12.0. The molecule has 1 N–H and O–H groups in total. The Balaban J connectivity index is 2.72. The molecule has 0 saturated carbocycles. The number of hydrogen-bond donors (Lipinski definition) is 1. The van der Waals surface area contributed by atoms with Crippen molar-refractivity contribution in [2.45, 2.75) is 25.2 Å². The second-order valence-electron chi connectivity index (χ2n) is 3.48. The first-order valence-electron chi connectivity index (χ1n) is 4.96. The molecule has 1 unspecified atom stereocenters. The van der Waals surface area contributed by atoms with E-state index in [2.05, 4.69) is 18.8 Å². The maximum Gasteiger partial charge on any atom is 0.355 e. The van der Waals surface area contributed by atoms with Gasteiger partial charge in [0.2, 0.25) is 0 Å². The minimum absolute atomic E-state index is 0.158. The van der Waals surface area contributed by atoms with Crippen LogP contribution in [-0.4, -0.2) is 21.8 Å². The van der Waals surface area contributed by atoms with E-state index >= 15 is 0 Å². The van der Waals surface area contributed by atoms with Crippen molar-refractivity contribution in [3.05, 3.63) is 24.0 Å². The van der Waals surface area contributed by atoms with Crippen LogP contribution in [0, 0.1) is 5.92 Å². The zero-order valence-corrected chi connectivity index (χ0v) is 9.75. The molecule has 82 valence electrons. The van der Waals surface area contributed by atoms with E-state index in [0.29, 0.717) is 5.92 Å². The van der Waals surface area contributed by atoms with Gasteiger partial charge >= 0.3 is 5.97 Å². The number of aromatic carboxylic acids is 1. The molecule has 1 aromatic heterocycles. The molecule has 0 fully saturated rings. The van der Waals surface area contributed by atoms with Gasteiger partial charge < -0.3 is 5.11 Å². The van der Waals surface area contributed by atoms with Gasteiger partial charge in [-0.3, -0.25) is 0 Å². The van der Waals surface area contributed by atoms with Crippen molar-refractivity contribution in [2.75, 3.05) is 5.75 Å². The fraction of sp³-hybridized carbons (Fsp3) is 0.455. The van der Waals surface area contributed by atoms with E-state index in [9.17, 15) is 4.79 Å². The maximum atomic E-state index is 10.9. The van der Waals surface area contributed by atoms with Crippen LogP contribution in [0.2, 0.25) is 0 Å². The highest BCUT2D eigenvalue weighted by atomic mass is 32.2. The Bertz CT molecular complexity index is 341. The largest absolute Gasteiger partial charge is 0.476 e. The summed E-state index contributed by atoms with van der Waals surface area (Å²) in [5, 5.41) is 8.91. The molecule has 0 bridgehead atoms. The van der Waals surface area contributed by atoms with Crippen LogP contribution < -0.4 is 0 Å². The quantitative estimate of drug-likeness (QED) is 0.783. The Morgan fingerprint density at radius 3 is 3.00 bits per heavy atom. The first-order valence-corrected chi connectivity index (χ1v) is 5.94. The molecule has 0 saturated heterocycles. The summed E-state index contributed by atoms with van der Waals surface area (Å²) in [7, 11) is 0. The van der Waals surface area contributed by atoms with Gasteiger partial charge in [0, 0.05) is 16.8 Å². The lowest BCUT2D eigenvalue weighted by molar-refractivity contribution is 0.0686. The maximum absolute atomic E-state index is 10.9. The average Bonchev–Trinajstić information content (AvgIpc) is 2.26. The van der Waals surface area contributed by atoms with Crippen LogP contribution in [0.15, 0.2) is 23.2 Å². The van der Waals surface area contributed by atoms with Gasteiger partial charge in [-0.05, 0) is 18.1 Å². The van der Waals surface area contributed by atoms with E-state index in [-0.39, 0.29) is 5.69 Å². The molecule has 0 amide bonds. The van der Waals surface area contributed by atoms with Crippen molar-refractivity contribution >= 4 is 17.7 Å². The zero-order chi connectivity index (χ0) is 11.3. The van der Waals surface area contributed by atoms with Crippen molar-refractivity contribution in [2.24, 2.45) is 5.92 Å². The Labute approximate surface area is 93.9 Å². The van der Waals surface area contributed by atoms with E-state index < -0.39 is 5.97 Å². The number of thioether (sulfide) groups is 1. The molecule has 0 aliphatic rings. The van der Waals surface area contributed by atoms with E-state index in [4.69, 9.17) is 5.11 Å². The molecule has 1 rings (SSSR count). The van der Waals surface area contributed by atoms with Gasteiger partial charge in [0.25, 0.3) is 0 Å². The summed E-state index contributed by atoms with van der Waals surface area (Å²) in [5.74, 6) is 0.571. The van der Waals surface area contributed by atoms with Crippen LogP contribution in [0.1, 0.15) is 30.8 Å². The topological polar surface area (TPSA) is 50.2 Å². The summed E-state index contributed by atoms with van der Waals surface area (Å²) >= 11 is 1.56. The van der Waals surface area contributed by atoms with Crippen LogP contribution in [-0.2, 0) is 0 Å². The summed E-state index contributed by atoms with van der Waals surface area (Å²) in [6.45, 7) is 4.29. The number of carboxylic acids is 1. The molecule has 0 spiro atoms. The third-order valence-corrected chi connectivity index (χ3v) is 3.57. The SMILES string of the molecule is CCC(C)CSc1cccnc1C(=O)O. The minimum Gasteiger partial charge on any atom is -0.476 e. The van der Waals surface area contributed by atoms with Gasteiger partial charge in [-0.1, -0.05) is 20.3 Å². The van der Waals surface area contributed by atoms with E-state index in [0.717, 1.165) is 17.1 Å². The van der Waals surface area contributed by atoms with Gasteiger partial charge in [-0.2, -0.15) is 0 Å². The van der Waals surface area contributed by atoms with Crippen molar-refractivity contribution in [3.63, 3.8) is 0 Å². The van der Waals surface area contributed by atoms with E-state index in [1.807, 2.05) is 6.07 Å². The van der Waals surface area contributed by atoms with E-state index in [1.54, 1.807) is 17.8 Å². The van der Waals surface area contributed by atoms with Crippen molar-refractivity contribution in [1.29, 1.82) is 0 Å². The van der Waals surface area contributed by atoms with E-state index in [1.165, 1.54) is 6.20 Å². The average molecular weight is 225 g/mol. The lowest BCUT2D eigenvalue weighted by Crippen LogP contribution is -2.03. The Kier molecular flexibility index (Phi) is 4.62. The standard InChI is InChI=1S/C11H15NO2S/c1-3-8(2)7-15-9-5-4-6-12-10(9)11(13)14/h4-6,8H,3,7H2,1-2H3,(H,13,14). The molecular weight excluding hydrogens is 210 g/mol. The molecule has 0 radical (unpaired) electrons. The minimum atomic E-state index is -0.956. The summed E-state index contributed by atoms with van der Waals surface area (Å²) in [4.78, 5) is 15.5. The molecule has 0 aliphatic heterocycles. The first-order chi connectivity index (χ1) is 7.15. The van der Waals surface area contributed by atoms with Gasteiger partial charge in [0.1, 0.15) is 0 Å². The highest BCUT2D eigenvalue weighted by Gasteiger charge is 2.11. The second-order valence-corrected chi connectivity index (χ2v) is 4.54. The Morgan fingerprint density at radius 1 is 1.67 bits per heavy atom. The van der Waals surface area contributed by atoms with Gasteiger partial charge in [0.15, 0.2) is 5.69 Å². The summed E-state index contributed by atoms with van der Waals surface area (Å²) < 4.78 is 0. The number of carbonyl (C=O) groups is 1. The molecule has 0 aliphatic carbocycles. The molecule has 3 nitrogen and oxygen atoms in total. The molecule has 0 aromatic carbocycles. The predicted molar refractivity (Wildman–Crippen MR) is 61.4 cm³/mol. The lowest BCUT2D eigenvalue weighted by Gasteiger charge is -2.08. The fourth-order valence-corrected chi connectivity index (χ4v) is 2.17. The smallest absolute Gasteiger partial charge is 0.355 e. The van der Waals surface area contributed by atoms with Crippen LogP contribution in [0.25, 0.3) is 0 Å².